The highest BCUT2D eigenvalue weighted by Gasteiger charge is 2.06. The van der Waals surface area contributed by atoms with E-state index in [4.69, 9.17) is 0 Å². The van der Waals surface area contributed by atoms with Gasteiger partial charge in [-0.3, -0.25) is 14.2 Å². The van der Waals surface area contributed by atoms with Gasteiger partial charge in [-0.15, -0.1) is 12.4 Å². The van der Waals surface area contributed by atoms with Crippen molar-refractivity contribution in [2.24, 2.45) is 0 Å². The molecule has 0 saturated heterocycles. The van der Waals surface area contributed by atoms with Crippen molar-refractivity contribution in [3.63, 3.8) is 0 Å². The summed E-state index contributed by atoms with van der Waals surface area (Å²) in [6.07, 6.45) is 3.54. The molecule has 0 saturated carbocycles. The van der Waals surface area contributed by atoms with Crippen LogP contribution in [0.2, 0.25) is 0 Å². The van der Waals surface area contributed by atoms with Gasteiger partial charge >= 0.3 is 0 Å². The molecule has 0 aliphatic heterocycles. The van der Waals surface area contributed by atoms with Crippen molar-refractivity contribution < 1.29 is 0 Å². The van der Waals surface area contributed by atoms with Crippen molar-refractivity contribution in [2.75, 3.05) is 0 Å². The predicted molar refractivity (Wildman–Crippen MR) is 83.7 cm³/mol. The number of hydrogen-bond acceptors (Lipinski definition) is 2. The van der Waals surface area contributed by atoms with Crippen molar-refractivity contribution in [3.8, 4) is 0 Å². The maximum absolute atomic E-state index is 12.5. The van der Waals surface area contributed by atoms with Gasteiger partial charge < -0.3 is 0 Å². The fourth-order valence-corrected chi connectivity index (χ4v) is 2.54. The molecule has 0 atom stereocenters. The van der Waals surface area contributed by atoms with Gasteiger partial charge in [0.15, 0.2) is 0 Å². The molecule has 3 aromatic heterocycles. The Morgan fingerprint density at radius 2 is 1.75 bits per heavy atom. The van der Waals surface area contributed by atoms with Crippen molar-refractivity contribution in [1.29, 1.82) is 0 Å². The van der Waals surface area contributed by atoms with Gasteiger partial charge in [0.2, 0.25) is 0 Å². The lowest BCUT2D eigenvalue weighted by atomic mass is 10.1. The Hall–Kier alpha value is -2.39. The highest BCUT2D eigenvalue weighted by molar-refractivity contribution is 5.98. The van der Waals surface area contributed by atoms with Crippen LogP contribution in [0.5, 0.6) is 0 Å². The van der Waals surface area contributed by atoms with E-state index in [2.05, 4.69) is 4.98 Å². The number of pyridine rings is 3. The van der Waals surface area contributed by atoms with E-state index in [1.165, 1.54) is 0 Å². The van der Waals surface area contributed by atoms with Crippen molar-refractivity contribution in [2.45, 2.75) is 0 Å². The van der Waals surface area contributed by atoms with Gasteiger partial charge in [-0.25, -0.2) is 0 Å². The van der Waals surface area contributed by atoms with E-state index in [1.54, 1.807) is 16.7 Å². The van der Waals surface area contributed by atoms with Crippen LogP contribution in [0, 0.1) is 0 Å². The first-order valence-corrected chi connectivity index (χ1v) is 6.12. The summed E-state index contributed by atoms with van der Waals surface area (Å²) in [6, 6.07) is 15.6. The number of halogens is 1. The van der Waals surface area contributed by atoms with Crippen molar-refractivity contribution in [1.82, 2.24) is 9.38 Å². The number of hydrogen-bond donors (Lipinski definition) is 0. The minimum atomic E-state index is -0.0219. The molecule has 4 heteroatoms. The zero-order valence-corrected chi connectivity index (χ0v) is 11.3. The SMILES string of the molecule is Cl.O=c1c2cccnc2cc2c3ccccc3ccn12. The number of rotatable bonds is 0. The third kappa shape index (κ3) is 1.67. The molecule has 3 heterocycles. The van der Waals surface area contributed by atoms with Crippen LogP contribution >= 0.6 is 12.4 Å². The molecule has 4 aromatic rings. The fraction of sp³-hybridized carbons (Fsp3) is 0. The van der Waals surface area contributed by atoms with E-state index >= 15 is 0 Å². The number of benzene rings is 1. The highest BCUT2D eigenvalue weighted by Crippen LogP contribution is 2.20. The molecule has 0 spiro atoms. The molecule has 0 amide bonds. The molecule has 0 fully saturated rings. The van der Waals surface area contributed by atoms with Crippen LogP contribution in [0.1, 0.15) is 0 Å². The van der Waals surface area contributed by atoms with Crippen LogP contribution < -0.4 is 5.56 Å². The largest absolute Gasteiger partial charge is 0.283 e. The van der Waals surface area contributed by atoms with E-state index in [9.17, 15) is 4.79 Å². The molecule has 3 nitrogen and oxygen atoms in total. The molecule has 0 aliphatic rings. The van der Waals surface area contributed by atoms with E-state index in [0.29, 0.717) is 5.39 Å². The summed E-state index contributed by atoms with van der Waals surface area (Å²) in [5, 5.41) is 2.84. The van der Waals surface area contributed by atoms with Crippen LogP contribution in [-0.2, 0) is 0 Å². The van der Waals surface area contributed by atoms with Gasteiger partial charge in [0.05, 0.1) is 16.4 Å². The molecular weight excluding hydrogens is 272 g/mol. The lowest BCUT2D eigenvalue weighted by molar-refractivity contribution is 1.12. The average Bonchev–Trinajstić information content (AvgIpc) is 2.47. The van der Waals surface area contributed by atoms with Gasteiger partial charge in [-0.05, 0) is 29.7 Å². The lowest BCUT2D eigenvalue weighted by Crippen LogP contribution is -2.13. The Balaban J connectivity index is 0.00000121. The minimum Gasteiger partial charge on any atom is -0.283 e. The van der Waals surface area contributed by atoms with Gasteiger partial charge in [-0.1, -0.05) is 24.3 Å². The Kier molecular flexibility index (Phi) is 2.92. The van der Waals surface area contributed by atoms with Crippen LogP contribution in [-0.4, -0.2) is 9.38 Å². The van der Waals surface area contributed by atoms with Gasteiger partial charge in [0.1, 0.15) is 0 Å². The normalized spacial score (nSPS) is 10.8. The summed E-state index contributed by atoms with van der Waals surface area (Å²) in [6.45, 7) is 0. The summed E-state index contributed by atoms with van der Waals surface area (Å²) < 4.78 is 1.69. The van der Waals surface area contributed by atoms with Gasteiger partial charge in [0.25, 0.3) is 5.56 Å². The van der Waals surface area contributed by atoms with Crippen molar-refractivity contribution in [3.05, 3.63) is 71.3 Å². The maximum atomic E-state index is 12.5. The zero-order chi connectivity index (χ0) is 12.8. The molecule has 0 radical (unpaired) electrons. The van der Waals surface area contributed by atoms with Gasteiger partial charge in [0, 0.05) is 17.8 Å². The van der Waals surface area contributed by atoms with E-state index in [1.807, 2.05) is 48.7 Å². The molecule has 1 aromatic carbocycles. The minimum absolute atomic E-state index is 0. The Morgan fingerprint density at radius 1 is 0.950 bits per heavy atom. The third-order valence-corrected chi connectivity index (χ3v) is 3.46. The summed E-state index contributed by atoms with van der Waals surface area (Å²) in [4.78, 5) is 16.7. The zero-order valence-electron chi connectivity index (χ0n) is 10.5. The first-order valence-electron chi connectivity index (χ1n) is 6.12. The number of aromatic nitrogens is 2. The molecule has 0 unspecified atom stereocenters. The standard InChI is InChI=1S/C16H10N2O.ClH/c19-16-13-6-3-8-17-14(13)10-15-12-5-2-1-4-11(12)7-9-18(15)16;/h1-10H;1H. The lowest BCUT2D eigenvalue weighted by Gasteiger charge is -2.06. The first-order chi connectivity index (χ1) is 9.34. The summed E-state index contributed by atoms with van der Waals surface area (Å²) in [5.74, 6) is 0. The summed E-state index contributed by atoms with van der Waals surface area (Å²) in [5.41, 5.74) is 1.62. The second-order valence-electron chi connectivity index (χ2n) is 4.54. The molecule has 0 N–H and O–H groups in total. The molecule has 4 rings (SSSR count). The van der Waals surface area contributed by atoms with Crippen LogP contribution in [0.4, 0.5) is 0 Å². The van der Waals surface area contributed by atoms with Crippen molar-refractivity contribution >= 4 is 39.6 Å². The molecule has 20 heavy (non-hydrogen) atoms. The Morgan fingerprint density at radius 3 is 2.65 bits per heavy atom. The fourth-order valence-electron chi connectivity index (χ4n) is 2.54. The van der Waals surface area contributed by atoms with Crippen LogP contribution in [0.15, 0.2) is 65.7 Å². The number of nitrogens with zero attached hydrogens (tertiary/aromatic N) is 2. The second-order valence-corrected chi connectivity index (χ2v) is 4.54. The van der Waals surface area contributed by atoms with Gasteiger partial charge in [-0.2, -0.15) is 0 Å². The van der Waals surface area contributed by atoms with Crippen LogP contribution in [0.3, 0.4) is 0 Å². The summed E-state index contributed by atoms with van der Waals surface area (Å²) in [7, 11) is 0. The molecule has 98 valence electrons. The number of fused-ring (bicyclic) bond motifs is 4. The topological polar surface area (TPSA) is 34.4 Å². The van der Waals surface area contributed by atoms with E-state index in [0.717, 1.165) is 21.8 Å². The Labute approximate surface area is 120 Å². The summed E-state index contributed by atoms with van der Waals surface area (Å²) >= 11 is 0. The molecule has 0 bridgehead atoms. The second kappa shape index (κ2) is 4.62. The van der Waals surface area contributed by atoms with Crippen LogP contribution in [0.25, 0.3) is 27.2 Å². The predicted octanol–water partition coefficient (Wildman–Crippen LogP) is 3.42. The monoisotopic (exact) mass is 282 g/mol. The average molecular weight is 283 g/mol. The third-order valence-electron chi connectivity index (χ3n) is 3.46. The van der Waals surface area contributed by atoms with E-state index < -0.39 is 0 Å². The quantitative estimate of drug-likeness (QED) is 0.366. The highest BCUT2D eigenvalue weighted by atomic mass is 35.5. The first kappa shape index (κ1) is 12.6. The van der Waals surface area contributed by atoms with E-state index in [-0.39, 0.29) is 18.0 Å². The Bertz CT molecular complexity index is 992. The smallest absolute Gasteiger partial charge is 0.264 e. The molecular formula is C16H11ClN2O. The molecule has 0 aliphatic carbocycles. The maximum Gasteiger partial charge on any atom is 0.264 e.